The van der Waals surface area contributed by atoms with Crippen LogP contribution in [-0.4, -0.2) is 28.1 Å². The van der Waals surface area contributed by atoms with Crippen LogP contribution in [-0.2, 0) is 16.1 Å². The van der Waals surface area contributed by atoms with Gasteiger partial charge in [-0.25, -0.2) is 14.6 Å². The number of ether oxygens (including phenoxy) is 2. The summed E-state index contributed by atoms with van der Waals surface area (Å²) in [5.41, 5.74) is 0.513. The van der Waals surface area contributed by atoms with E-state index >= 15 is 0 Å². The number of para-hydroxylation sites is 1. The van der Waals surface area contributed by atoms with Crippen molar-refractivity contribution in [2.45, 2.75) is 13.5 Å². The van der Waals surface area contributed by atoms with Crippen molar-refractivity contribution in [1.82, 2.24) is 9.55 Å². The van der Waals surface area contributed by atoms with Crippen molar-refractivity contribution >= 4 is 22.8 Å². The van der Waals surface area contributed by atoms with Crippen LogP contribution in [0.4, 0.5) is 0 Å². The van der Waals surface area contributed by atoms with Gasteiger partial charge in [-0.15, -0.1) is 0 Å². The Morgan fingerprint density at radius 1 is 1.12 bits per heavy atom. The van der Waals surface area contributed by atoms with E-state index in [-0.39, 0.29) is 30.0 Å². The Hall–Kier alpha value is -3.48. The summed E-state index contributed by atoms with van der Waals surface area (Å²) in [6.45, 7) is 1.66. The molecule has 0 amide bonds. The van der Waals surface area contributed by atoms with E-state index in [0.29, 0.717) is 10.9 Å². The van der Waals surface area contributed by atoms with Crippen molar-refractivity contribution in [2.75, 3.05) is 6.61 Å². The van der Waals surface area contributed by atoms with Gasteiger partial charge < -0.3 is 9.47 Å². The third-order valence-electron chi connectivity index (χ3n) is 3.61. The highest BCUT2D eigenvalue weighted by Crippen LogP contribution is 2.15. The predicted molar refractivity (Wildman–Crippen MR) is 94.0 cm³/mol. The highest BCUT2D eigenvalue weighted by molar-refractivity contribution is 5.90. The van der Waals surface area contributed by atoms with Crippen molar-refractivity contribution < 1.29 is 19.1 Å². The van der Waals surface area contributed by atoms with Crippen LogP contribution in [0.2, 0.25) is 0 Å². The molecular weight excluding hydrogens is 336 g/mol. The molecule has 26 heavy (non-hydrogen) atoms. The summed E-state index contributed by atoms with van der Waals surface area (Å²) in [4.78, 5) is 40.4. The molecule has 0 unspecified atom stereocenters. The van der Waals surface area contributed by atoms with Gasteiger partial charge in [0.05, 0.1) is 29.4 Å². The lowest BCUT2D eigenvalue weighted by molar-refractivity contribution is -0.135. The van der Waals surface area contributed by atoms with E-state index in [1.54, 1.807) is 49.4 Å². The second kappa shape index (κ2) is 7.60. The first-order chi connectivity index (χ1) is 12.6. The standard InChI is InChI=1S/C19H16N2O5/c1-2-25-19(24)13-6-5-7-14(10-13)26-17(22)11-21-12-20-16-9-4-3-8-15(16)18(21)23/h3-10,12H,2,11H2,1H3. The normalized spacial score (nSPS) is 10.5. The summed E-state index contributed by atoms with van der Waals surface area (Å²) in [6.07, 6.45) is 1.31. The summed E-state index contributed by atoms with van der Waals surface area (Å²) >= 11 is 0. The van der Waals surface area contributed by atoms with Crippen molar-refractivity contribution in [1.29, 1.82) is 0 Å². The molecule has 2 aromatic carbocycles. The number of rotatable bonds is 5. The number of carbonyl (C=O) groups is 2. The maximum Gasteiger partial charge on any atom is 0.338 e. The summed E-state index contributed by atoms with van der Waals surface area (Å²) < 4.78 is 11.3. The van der Waals surface area contributed by atoms with Gasteiger partial charge >= 0.3 is 11.9 Å². The lowest BCUT2D eigenvalue weighted by Crippen LogP contribution is -2.26. The second-order valence-corrected chi connectivity index (χ2v) is 5.42. The van der Waals surface area contributed by atoms with Crippen LogP contribution in [0.25, 0.3) is 10.9 Å². The quantitative estimate of drug-likeness (QED) is 0.517. The van der Waals surface area contributed by atoms with Gasteiger partial charge in [0.25, 0.3) is 5.56 Å². The number of aromatic nitrogens is 2. The van der Waals surface area contributed by atoms with Crippen molar-refractivity contribution in [2.24, 2.45) is 0 Å². The van der Waals surface area contributed by atoms with Crippen LogP contribution in [0.3, 0.4) is 0 Å². The number of hydrogen-bond donors (Lipinski definition) is 0. The van der Waals surface area contributed by atoms with Gasteiger partial charge in [-0.1, -0.05) is 18.2 Å². The molecule has 0 saturated carbocycles. The smallest absolute Gasteiger partial charge is 0.338 e. The van der Waals surface area contributed by atoms with E-state index in [2.05, 4.69) is 4.98 Å². The highest BCUT2D eigenvalue weighted by Gasteiger charge is 2.12. The zero-order chi connectivity index (χ0) is 18.5. The first-order valence-corrected chi connectivity index (χ1v) is 8.00. The molecule has 0 aliphatic heterocycles. The Kier molecular flexibility index (Phi) is 5.07. The van der Waals surface area contributed by atoms with Crippen LogP contribution in [0, 0.1) is 0 Å². The molecule has 7 heteroatoms. The summed E-state index contributed by atoms with van der Waals surface area (Å²) in [6, 6.07) is 13.0. The number of nitrogens with zero attached hydrogens (tertiary/aromatic N) is 2. The molecule has 3 aromatic rings. The summed E-state index contributed by atoms with van der Waals surface area (Å²) in [5.74, 6) is -0.951. The molecule has 7 nitrogen and oxygen atoms in total. The molecule has 0 radical (unpaired) electrons. The molecule has 0 spiro atoms. The fourth-order valence-electron chi connectivity index (χ4n) is 2.42. The lowest BCUT2D eigenvalue weighted by Gasteiger charge is -2.08. The minimum absolute atomic E-state index is 0.197. The molecular formula is C19H16N2O5. The van der Waals surface area contributed by atoms with Gasteiger partial charge in [0, 0.05) is 0 Å². The van der Waals surface area contributed by atoms with Gasteiger partial charge in [0.15, 0.2) is 0 Å². The van der Waals surface area contributed by atoms with Crippen LogP contribution < -0.4 is 10.3 Å². The number of hydrogen-bond acceptors (Lipinski definition) is 6. The molecule has 1 aromatic heterocycles. The average molecular weight is 352 g/mol. The second-order valence-electron chi connectivity index (χ2n) is 5.42. The van der Waals surface area contributed by atoms with E-state index in [0.717, 1.165) is 0 Å². The molecule has 132 valence electrons. The van der Waals surface area contributed by atoms with E-state index in [4.69, 9.17) is 9.47 Å². The summed E-state index contributed by atoms with van der Waals surface area (Å²) in [7, 11) is 0. The molecule has 0 aliphatic carbocycles. The van der Waals surface area contributed by atoms with Gasteiger partial charge in [0.1, 0.15) is 12.3 Å². The Morgan fingerprint density at radius 2 is 1.92 bits per heavy atom. The Labute approximate surface area is 148 Å². The predicted octanol–water partition coefficient (Wildman–Crippen LogP) is 2.18. The molecule has 1 heterocycles. The topological polar surface area (TPSA) is 87.5 Å². The van der Waals surface area contributed by atoms with E-state index < -0.39 is 11.9 Å². The van der Waals surface area contributed by atoms with Gasteiger partial charge in [-0.2, -0.15) is 0 Å². The fourth-order valence-corrected chi connectivity index (χ4v) is 2.42. The maximum absolute atomic E-state index is 12.4. The Bertz CT molecular complexity index is 1030. The van der Waals surface area contributed by atoms with Gasteiger partial charge in [0.2, 0.25) is 0 Å². The largest absolute Gasteiger partial charge is 0.462 e. The van der Waals surface area contributed by atoms with Crippen LogP contribution in [0.5, 0.6) is 5.75 Å². The average Bonchev–Trinajstić information content (AvgIpc) is 2.64. The fraction of sp³-hybridized carbons (Fsp3) is 0.158. The lowest BCUT2D eigenvalue weighted by atomic mass is 10.2. The minimum Gasteiger partial charge on any atom is -0.462 e. The molecule has 0 fully saturated rings. The Morgan fingerprint density at radius 3 is 2.73 bits per heavy atom. The summed E-state index contributed by atoms with van der Waals surface area (Å²) in [5, 5.41) is 0.423. The SMILES string of the molecule is CCOC(=O)c1cccc(OC(=O)Cn2cnc3ccccc3c2=O)c1. The molecule has 0 aliphatic rings. The monoisotopic (exact) mass is 352 g/mol. The number of fused-ring (bicyclic) bond motifs is 1. The van der Waals surface area contributed by atoms with Crippen LogP contribution in [0.1, 0.15) is 17.3 Å². The highest BCUT2D eigenvalue weighted by atomic mass is 16.5. The van der Waals surface area contributed by atoms with Gasteiger partial charge in [-0.05, 0) is 37.3 Å². The number of benzene rings is 2. The van der Waals surface area contributed by atoms with E-state index in [1.807, 2.05) is 0 Å². The molecule has 0 bridgehead atoms. The molecule has 3 rings (SSSR count). The van der Waals surface area contributed by atoms with Crippen molar-refractivity contribution in [3.05, 3.63) is 70.8 Å². The van der Waals surface area contributed by atoms with E-state index in [1.165, 1.54) is 17.0 Å². The van der Waals surface area contributed by atoms with Crippen molar-refractivity contribution in [3.63, 3.8) is 0 Å². The molecule has 0 N–H and O–H groups in total. The Balaban J connectivity index is 1.75. The molecule has 0 saturated heterocycles. The first-order valence-electron chi connectivity index (χ1n) is 8.00. The number of carbonyl (C=O) groups excluding carboxylic acids is 2. The van der Waals surface area contributed by atoms with Crippen molar-refractivity contribution in [3.8, 4) is 5.75 Å². The zero-order valence-electron chi connectivity index (χ0n) is 14.0. The number of esters is 2. The zero-order valence-corrected chi connectivity index (χ0v) is 14.0. The minimum atomic E-state index is -0.648. The van der Waals surface area contributed by atoms with Gasteiger partial charge in [-0.3, -0.25) is 9.36 Å². The van der Waals surface area contributed by atoms with Crippen LogP contribution in [0.15, 0.2) is 59.7 Å². The first kappa shape index (κ1) is 17.3. The maximum atomic E-state index is 12.4. The van der Waals surface area contributed by atoms with E-state index in [9.17, 15) is 14.4 Å². The third-order valence-corrected chi connectivity index (χ3v) is 3.61. The van der Waals surface area contributed by atoms with Crippen LogP contribution >= 0.6 is 0 Å². The third kappa shape index (κ3) is 3.77. The molecule has 0 atom stereocenters.